The Balaban J connectivity index is 2.35. The minimum Gasteiger partial charge on any atom is -0.334 e. The Morgan fingerprint density at radius 2 is 1.84 bits per heavy atom. The van der Waals surface area contributed by atoms with Gasteiger partial charge in [0.05, 0.1) is 15.9 Å². The predicted molar refractivity (Wildman–Crippen MR) is 102 cm³/mol. The average molecular weight is 421 g/mol. The van der Waals surface area contributed by atoms with Gasteiger partial charge in [-0.05, 0) is 37.3 Å². The smallest absolute Gasteiger partial charge is 0.254 e. The molecule has 0 unspecified atom stereocenters. The maximum Gasteiger partial charge on any atom is 0.254 e. The van der Waals surface area contributed by atoms with E-state index in [-0.39, 0.29) is 21.4 Å². The fraction of sp³-hybridized carbons (Fsp3) is 0.312. The number of thiophene rings is 1. The van der Waals surface area contributed by atoms with Crippen molar-refractivity contribution in [3.63, 3.8) is 0 Å². The minimum atomic E-state index is -3.74. The van der Waals surface area contributed by atoms with E-state index in [1.165, 1.54) is 43.6 Å². The summed E-state index contributed by atoms with van der Waals surface area (Å²) in [6, 6.07) is 7.94. The van der Waals surface area contributed by atoms with Crippen LogP contribution in [0, 0.1) is 0 Å². The van der Waals surface area contributed by atoms with Crippen LogP contribution in [-0.2, 0) is 16.6 Å². The Morgan fingerprint density at radius 1 is 1.16 bits per heavy atom. The summed E-state index contributed by atoms with van der Waals surface area (Å²) in [5, 5.41) is 0.0818. The molecular formula is C16H18Cl2N2O3S2. The molecule has 0 saturated heterocycles. The molecule has 136 valence electrons. The second kappa shape index (κ2) is 8.05. The van der Waals surface area contributed by atoms with Crippen LogP contribution in [0.3, 0.4) is 0 Å². The molecule has 1 aromatic heterocycles. The van der Waals surface area contributed by atoms with Crippen molar-refractivity contribution in [3.05, 3.63) is 50.1 Å². The summed E-state index contributed by atoms with van der Waals surface area (Å²) >= 11 is 13.4. The molecule has 9 heteroatoms. The fourth-order valence-electron chi connectivity index (χ4n) is 2.17. The van der Waals surface area contributed by atoms with Gasteiger partial charge in [0.2, 0.25) is 10.0 Å². The first kappa shape index (κ1) is 20.2. The zero-order valence-corrected chi connectivity index (χ0v) is 17.1. The monoisotopic (exact) mass is 420 g/mol. The molecule has 25 heavy (non-hydrogen) atoms. The number of carbonyl (C=O) groups excluding carboxylic acids is 1. The molecule has 0 aliphatic rings. The topological polar surface area (TPSA) is 57.7 Å². The Labute approximate surface area is 161 Å². The van der Waals surface area contributed by atoms with Crippen molar-refractivity contribution >= 4 is 50.5 Å². The first-order valence-electron chi connectivity index (χ1n) is 7.42. The molecule has 1 amide bonds. The molecule has 0 bridgehead atoms. The highest BCUT2D eigenvalue weighted by molar-refractivity contribution is 7.89. The van der Waals surface area contributed by atoms with E-state index in [9.17, 15) is 13.2 Å². The minimum absolute atomic E-state index is 0.0818. The lowest BCUT2D eigenvalue weighted by molar-refractivity contribution is 0.0754. The van der Waals surface area contributed by atoms with E-state index in [1.807, 2.05) is 13.0 Å². The van der Waals surface area contributed by atoms with Gasteiger partial charge in [0, 0.05) is 31.1 Å². The molecule has 0 radical (unpaired) electrons. The SMILES string of the molecule is CCN(Cc1ccc(Cl)s1)C(=O)c1ccc(Cl)c(S(=O)(=O)N(C)C)c1. The molecule has 0 aliphatic heterocycles. The maximum absolute atomic E-state index is 12.8. The maximum atomic E-state index is 12.8. The second-order valence-electron chi connectivity index (χ2n) is 5.46. The van der Waals surface area contributed by atoms with Gasteiger partial charge in [-0.3, -0.25) is 4.79 Å². The van der Waals surface area contributed by atoms with Crippen molar-refractivity contribution in [2.24, 2.45) is 0 Å². The molecule has 0 atom stereocenters. The van der Waals surface area contributed by atoms with Gasteiger partial charge in [-0.2, -0.15) is 0 Å². The summed E-state index contributed by atoms with van der Waals surface area (Å²) < 4.78 is 26.4. The van der Waals surface area contributed by atoms with Crippen molar-refractivity contribution in [2.75, 3.05) is 20.6 Å². The van der Waals surface area contributed by atoms with Crippen LogP contribution in [0.4, 0.5) is 0 Å². The van der Waals surface area contributed by atoms with E-state index in [0.717, 1.165) is 9.18 Å². The van der Waals surface area contributed by atoms with Crippen LogP contribution in [0.5, 0.6) is 0 Å². The molecular weight excluding hydrogens is 403 g/mol. The Bertz CT molecular complexity index is 879. The molecule has 0 aliphatic carbocycles. The van der Waals surface area contributed by atoms with Gasteiger partial charge in [0.25, 0.3) is 5.91 Å². The van der Waals surface area contributed by atoms with E-state index >= 15 is 0 Å². The Kier molecular flexibility index (Phi) is 6.51. The number of benzene rings is 1. The first-order valence-corrected chi connectivity index (χ1v) is 10.4. The lowest BCUT2D eigenvalue weighted by atomic mass is 10.2. The van der Waals surface area contributed by atoms with Crippen molar-refractivity contribution in [3.8, 4) is 0 Å². The number of halogens is 2. The standard InChI is InChI=1S/C16H18Cl2N2O3S2/c1-4-20(10-12-6-8-15(18)24-12)16(21)11-5-7-13(17)14(9-11)25(22,23)19(2)3/h5-9H,4,10H2,1-3H3. The second-order valence-corrected chi connectivity index (χ2v) is 9.78. The molecule has 0 saturated carbocycles. The molecule has 0 fully saturated rings. The number of rotatable bonds is 6. The van der Waals surface area contributed by atoms with E-state index in [0.29, 0.717) is 17.4 Å². The first-order chi connectivity index (χ1) is 11.7. The van der Waals surface area contributed by atoms with Crippen LogP contribution >= 0.6 is 34.5 Å². The number of sulfonamides is 1. The Morgan fingerprint density at radius 3 is 2.36 bits per heavy atom. The average Bonchev–Trinajstić information content (AvgIpc) is 2.97. The van der Waals surface area contributed by atoms with E-state index in [1.54, 1.807) is 11.0 Å². The summed E-state index contributed by atoms with van der Waals surface area (Å²) in [5.41, 5.74) is 0.273. The number of hydrogen-bond acceptors (Lipinski definition) is 4. The highest BCUT2D eigenvalue weighted by Crippen LogP contribution is 2.27. The highest BCUT2D eigenvalue weighted by Gasteiger charge is 2.24. The van der Waals surface area contributed by atoms with Gasteiger partial charge in [0.1, 0.15) is 4.90 Å². The summed E-state index contributed by atoms with van der Waals surface area (Å²) in [5.74, 6) is -0.265. The van der Waals surface area contributed by atoms with Gasteiger partial charge in [-0.25, -0.2) is 12.7 Å². The van der Waals surface area contributed by atoms with Crippen molar-refractivity contribution in [1.82, 2.24) is 9.21 Å². The highest BCUT2D eigenvalue weighted by atomic mass is 35.5. The normalized spacial score (nSPS) is 11.8. The van der Waals surface area contributed by atoms with Crippen LogP contribution < -0.4 is 0 Å². The van der Waals surface area contributed by atoms with Crippen molar-refractivity contribution in [2.45, 2.75) is 18.4 Å². The summed E-state index contributed by atoms with van der Waals surface area (Å²) in [7, 11) is -0.905. The van der Waals surface area contributed by atoms with Crippen LogP contribution in [0.1, 0.15) is 22.2 Å². The third kappa shape index (κ3) is 4.54. The van der Waals surface area contributed by atoms with E-state index in [2.05, 4.69) is 0 Å². The fourth-order valence-corrected chi connectivity index (χ4v) is 4.66. The number of carbonyl (C=O) groups is 1. The lowest BCUT2D eigenvalue weighted by Gasteiger charge is -2.21. The molecule has 0 spiro atoms. The molecule has 1 aromatic carbocycles. The number of hydrogen-bond donors (Lipinski definition) is 0. The zero-order chi connectivity index (χ0) is 18.8. The molecule has 2 rings (SSSR count). The van der Waals surface area contributed by atoms with Crippen LogP contribution in [0.25, 0.3) is 0 Å². The molecule has 5 nitrogen and oxygen atoms in total. The van der Waals surface area contributed by atoms with Crippen molar-refractivity contribution < 1.29 is 13.2 Å². The summed E-state index contributed by atoms with van der Waals surface area (Å²) in [4.78, 5) is 15.3. The molecule has 0 N–H and O–H groups in total. The van der Waals surface area contributed by atoms with Gasteiger partial charge < -0.3 is 4.90 Å². The summed E-state index contributed by atoms with van der Waals surface area (Å²) in [6.07, 6.45) is 0. The number of nitrogens with zero attached hydrogens (tertiary/aromatic N) is 2. The molecule has 1 heterocycles. The van der Waals surface area contributed by atoms with Crippen LogP contribution in [0.15, 0.2) is 35.2 Å². The van der Waals surface area contributed by atoms with Gasteiger partial charge in [-0.15, -0.1) is 11.3 Å². The summed E-state index contributed by atoms with van der Waals surface area (Å²) in [6.45, 7) is 2.75. The lowest BCUT2D eigenvalue weighted by Crippen LogP contribution is -2.30. The van der Waals surface area contributed by atoms with Gasteiger partial charge in [0.15, 0.2) is 0 Å². The van der Waals surface area contributed by atoms with Gasteiger partial charge in [-0.1, -0.05) is 23.2 Å². The van der Waals surface area contributed by atoms with Crippen LogP contribution in [0.2, 0.25) is 9.36 Å². The Hall–Kier alpha value is -1.12. The van der Waals surface area contributed by atoms with E-state index < -0.39 is 10.0 Å². The van der Waals surface area contributed by atoms with Gasteiger partial charge >= 0.3 is 0 Å². The zero-order valence-electron chi connectivity index (χ0n) is 14.0. The third-order valence-electron chi connectivity index (χ3n) is 3.58. The molecule has 2 aromatic rings. The quantitative estimate of drug-likeness (QED) is 0.709. The largest absolute Gasteiger partial charge is 0.334 e. The predicted octanol–water partition coefficient (Wildman–Crippen LogP) is 3.97. The van der Waals surface area contributed by atoms with Crippen LogP contribution in [-0.4, -0.2) is 44.2 Å². The third-order valence-corrected chi connectivity index (χ3v) is 7.09. The number of amides is 1. The van der Waals surface area contributed by atoms with E-state index in [4.69, 9.17) is 23.2 Å². The van der Waals surface area contributed by atoms with Crippen molar-refractivity contribution in [1.29, 1.82) is 0 Å².